The SMILES string of the molecule is CCCCCCCCOc1cc(Br)ncn1. The van der Waals surface area contributed by atoms with Crippen molar-refractivity contribution in [3.63, 3.8) is 0 Å². The molecule has 0 aliphatic carbocycles. The van der Waals surface area contributed by atoms with Crippen LogP contribution in [0.15, 0.2) is 17.0 Å². The summed E-state index contributed by atoms with van der Waals surface area (Å²) in [6.45, 7) is 2.98. The Kier molecular flexibility index (Phi) is 7.14. The van der Waals surface area contributed by atoms with Gasteiger partial charge in [-0.2, -0.15) is 0 Å². The molecule has 0 aromatic carbocycles. The molecule has 0 N–H and O–H groups in total. The van der Waals surface area contributed by atoms with Gasteiger partial charge in [0, 0.05) is 6.07 Å². The fraction of sp³-hybridized carbons (Fsp3) is 0.667. The van der Waals surface area contributed by atoms with Gasteiger partial charge in [0.2, 0.25) is 5.88 Å². The molecule has 1 aromatic heterocycles. The van der Waals surface area contributed by atoms with Gasteiger partial charge in [-0.15, -0.1) is 0 Å². The Morgan fingerprint density at radius 1 is 1.12 bits per heavy atom. The molecule has 0 fully saturated rings. The molecule has 16 heavy (non-hydrogen) atoms. The van der Waals surface area contributed by atoms with Crippen LogP contribution in [0.3, 0.4) is 0 Å². The maximum atomic E-state index is 5.51. The van der Waals surface area contributed by atoms with Gasteiger partial charge in [0.05, 0.1) is 6.61 Å². The predicted octanol–water partition coefficient (Wildman–Crippen LogP) is 3.98. The second-order valence-electron chi connectivity index (χ2n) is 3.80. The van der Waals surface area contributed by atoms with Gasteiger partial charge < -0.3 is 4.74 Å². The Morgan fingerprint density at radius 3 is 2.62 bits per heavy atom. The van der Waals surface area contributed by atoms with Crippen LogP contribution in [0.4, 0.5) is 0 Å². The van der Waals surface area contributed by atoms with Crippen LogP contribution in [0.2, 0.25) is 0 Å². The first-order chi connectivity index (χ1) is 7.83. The largest absolute Gasteiger partial charge is 0.478 e. The lowest BCUT2D eigenvalue weighted by atomic mass is 10.1. The van der Waals surface area contributed by atoms with Crippen LogP contribution in [-0.4, -0.2) is 16.6 Å². The van der Waals surface area contributed by atoms with Gasteiger partial charge in [0.25, 0.3) is 0 Å². The smallest absolute Gasteiger partial charge is 0.217 e. The van der Waals surface area contributed by atoms with Gasteiger partial charge in [0.1, 0.15) is 10.9 Å². The molecule has 0 radical (unpaired) electrons. The second kappa shape index (κ2) is 8.50. The van der Waals surface area contributed by atoms with Crippen molar-refractivity contribution < 1.29 is 4.74 Å². The van der Waals surface area contributed by atoms with Crippen molar-refractivity contribution in [1.29, 1.82) is 0 Å². The maximum absolute atomic E-state index is 5.51. The van der Waals surface area contributed by atoms with Crippen LogP contribution in [0.1, 0.15) is 45.4 Å². The Morgan fingerprint density at radius 2 is 1.88 bits per heavy atom. The van der Waals surface area contributed by atoms with Crippen molar-refractivity contribution in [2.45, 2.75) is 45.4 Å². The fourth-order valence-corrected chi connectivity index (χ4v) is 1.74. The summed E-state index contributed by atoms with van der Waals surface area (Å²) in [5, 5.41) is 0. The first kappa shape index (κ1) is 13.4. The van der Waals surface area contributed by atoms with Crippen LogP contribution in [0.25, 0.3) is 0 Å². The van der Waals surface area contributed by atoms with Crippen molar-refractivity contribution in [2.24, 2.45) is 0 Å². The molecular weight excluding hydrogens is 268 g/mol. The van der Waals surface area contributed by atoms with Gasteiger partial charge in [-0.3, -0.25) is 0 Å². The van der Waals surface area contributed by atoms with Gasteiger partial charge in [-0.1, -0.05) is 39.0 Å². The summed E-state index contributed by atoms with van der Waals surface area (Å²) < 4.78 is 6.28. The monoisotopic (exact) mass is 286 g/mol. The highest BCUT2D eigenvalue weighted by molar-refractivity contribution is 9.10. The van der Waals surface area contributed by atoms with E-state index in [1.54, 1.807) is 6.07 Å². The molecule has 1 heterocycles. The molecule has 1 aromatic rings. The lowest BCUT2D eigenvalue weighted by Gasteiger charge is -2.04. The molecule has 0 aliphatic heterocycles. The van der Waals surface area contributed by atoms with Crippen LogP contribution in [0, 0.1) is 0 Å². The van der Waals surface area contributed by atoms with E-state index < -0.39 is 0 Å². The van der Waals surface area contributed by atoms with E-state index in [2.05, 4.69) is 32.8 Å². The minimum absolute atomic E-state index is 0.649. The Bertz CT molecular complexity index is 294. The number of rotatable bonds is 8. The number of hydrogen-bond acceptors (Lipinski definition) is 3. The highest BCUT2D eigenvalue weighted by atomic mass is 79.9. The van der Waals surface area contributed by atoms with Gasteiger partial charge in [0.15, 0.2) is 0 Å². The third kappa shape index (κ3) is 6.05. The lowest BCUT2D eigenvalue weighted by Crippen LogP contribution is -1.99. The molecule has 90 valence electrons. The van der Waals surface area contributed by atoms with E-state index in [1.165, 1.54) is 38.4 Å². The molecule has 0 amide bonds. The lowest BCUT2D eigenvalue weighted by molar-refractivity contribution is 0.292. The zero-order valence-corrected chi connectivity index (χ0v) is 11.4. The molecule has 0 saturated carbocycles. The first-order valence-corrected chi connectivity index (χ1v) is 6.72. The minimum Gasteiger partial charge on any atom is -0.478 e. The minimum atomic E-state index is 0.649. The van der Waals surface area contributed by atoms with Crippen LogP contribution < -0.4 is 4.74 Å². The number of unbranched alkanes of at least 4 members (excludes halogenated alkanes) is 5. The number of aromatic nitrogens is 2. The Balaban J connectivity index is 2.03. The van der Waals surface area contributed by atoms with E-state index in [0.29, 0.717) is 5.88 Å². The standard InChI is InChI=1S/C12H19BrN2O/c1-2-3-4-5-6-7-8-16-12-9-11(13)14-10-15-12/h9-10H,2-8H2,1H3. The predicted molar refractivity (Wildman–Crippen MR) is 68.6 cm³/mol. The zero-order chi connectivity index (χ0) is 11.6. The molecule has 0 unspecified atom stereocenters. The summed E-state index contributed by atoms with van der Waals surface area (Å²) in [6, 6.07) is 1.79. The third-order valence-electron chi connectivity index (χ3n) is 2.36. The second-order valence-corrected chi connectivity index (χ2v) is 4.61. The Labute approximate surface area is 106 Å². The van der Waals surface area contributed by atoms with Crippen LogP contribution >= 0.6 is 15.9 Å². The number of halogens is 1. The normalized spacial score (nSPS) is 10.4. The fourth-order valence-electron chi connectivity index (χ4n) is 1.46. The molecule has 4 heteroatoms. The van der Waals surface area contributed by atoms with Crippen molar-refractivity contribution in [3.05, 3.63) is 17.0 Å². The average Bonchev–Trinajstić information content (AvgIpc) is 2.28. The molecule has 0 spiro atoms. The summed E-state index contributed by atoms with van der Waals surface area (Å²) in [4.78, 5) is 7.97. The van der Waals surface area contributed by atoms with Crippen molar-refractivity contribution in [1.82, 2.24) is 9.97 Å². The first-order valence-electron chi connectivity index (χ1n) is 5.93. The van der Waals surface area contributed by atoms with Crippen LogP contribution in [-0.2, 0) is 0 Å². The van der Waals surface area contributed by atoms with Crippen molar-refractivity contribution in [2.75, 3.05) is 6.61 Å². The molecular formula is C12H19BrN2O. The van der Waals surface area contributed by atoms with Gasteiger partial charge in [-0.25, -0.2) is 9.97 Å². The highest BCUT2D eigenvalue weighted by Crippen LogP contribution is 2.12. The number of hydrogen-bond donors (Lipinski definition) is 0. The quantitative estimate of drug-likeness (QED) is 0.536. The molecule has 0 atom stereocenters. The van der Waals surface area contributed by atoms with E-state index in [0.717, 1.165) is 17.6 Å². The Hall–Kier alpha value is -0.640. The number of ether oxygens (including phenoxy) is 1. The molecule has 0 bridgehead atoms. The topological polar surface area (TPSA) is 35.0 Å². The summed E-state index contributed by atoms with van der Waals surface area (Å²) in [7, 11) is 0. The maximum Gasteiger partial charge on any atom is 0.217 e. The summed E-state index contributed by atoms with van der Waals surface area (Å²) >= 11 is 3.28. The molecule has 3 nitrogen and oxygen atoms in total. The van der Waals surface area contributed by atoms with E-state index >= 15 is 0 Å². The summed E-state index contributed by atoms with van der Waals surface area (Å²) in [6.07, 6.45) is 9.14. The zero-order valence-electron chi connectivity index (χ0n) is 9.79. The van der Waals surface area contributed by atoms with Gasteiger partial charge in [-0.05, 0) is 22.4 Å². The summed E-state index contributed by atoms with van der Waals surface area (Å²) in [5.74, 6) is 0.649. The van der Waals surface area contributed by atoms with E-state index in [9.17, 15) is 0 Å². The number of nitrogens with zero attached hydrogens (tertiary/aromatic N) is 2. The van der Waals surface area contributed by atoms with E-state index in [1.807, 2.05) is 0 Å². The van der Waals surface area contributed by atoms with Crippen molar-refractivity contribution >= 4 is 15.9 Å². The molecule has 0 saturated heterocycles. The third-order valence-corrected chi connectivity index (χ3v) is 2.79. The van der Waals surface area contributed by atoms with Crippen molar-refractivity contribution in [3.8, 4) is 5.88 Å². The van der Waals surface area contributed by atoms with Crippen LogP contribution in [0.5, 0.6) is 5.88 Å². The molecule has 0 aliphatic rings. The van der Waals surface area contributed by atoms with Gasteiger partial charge >= 0.3 is 0 Å². The highest BCUT2D eigenvalue weighted by Gasteiger charge is 1.97. The van der Waals surface area contributed by atoms with E-state index in [4.69, 9.17) is 4.74 Å². The average molecular weight is 287 g/mol. The summed E-state index contributed by atoms with van der Waals surface area (Å²) in [5.41, 5.74) is 0. The molecule has 1 rings (SSSR count). The van der Waals surface area contributed by atoms with E-state index in [-0.39, 0.29) is 0 Å².